The third-order valence-corrected chi connectivity index (χ3v) is 4.03. The fraction of sp³-hybridized carbons (Fsp3) is 0.600. The Kier molecular flexibility index (Phi) is 5.18. The summed E-state index contributed by atoms with van der Waals surface area (Å²) in [6, 6.07) is 5.87. The Labute approximate surface area is 115 Å². The second-order valence-corrected chi connectivity index (χ2v) is 5.50. The molecular weight excluding hydrogens is 246 g/mol. The minimum Gasteiger partial charge on any atom is -0.495 e. The number of anilines is 1. The molecule has 1 aromatic rings. The van der Waals surface area contributed by atoms with Crippen molar-refractivity contribution in [2.75, 3.05) is 19.0 Å². The zero-order valence-corrected chi connectivity index (χ0v) is 11.8. The molecule has 1 aromatic carbocycles. The molecule has 0 radical (unpaired) electrons. The van der Waals surface area contributed by atoms with Crippen molar-refractivity contribution in [3.8, 4) is 5.75 Å². The molecule has 18 heavy (non-hydrogen) atoms. The zero-order valence-electron chi connectivity index (χ0n) is 11.0. The Morgan fingerprint density at radius 2 is 1.94 bits per heavy atom. The highest BCUT2D eigenvalue weighted by molar-refractivity contribution is 6.32. The lowest BCUT2D eigenvalue weighted by molar-refractivity contribution is 0.415. The third kappa shape index (κ3) is 3.81. The van der Waals surface area contributed by atoms with Crippen LogP contribution in [0.25, 0.3) is 0 Å². The van der Waals surface area contributed by atoms with Crippen molar-refractivity contribution in [2.24, 2.45) is 5.92 Å². The Balaban J connectivity index is 1.88. The molecule has 1 aliphatic carbocycles. The summed E-state index contributed by atoms with van der Waals surface area (Å²) in [6.45, 7) is 1.06. The van der Waals surface area contributed by atoms with Gasteiger partial charge in [0.25, 0.3) is 0 Å². The summed E-state index contributed by atoms with van der Waals surface area (Å²) in [5.41, 5.74) is 1.10. The van der Waals surface area contributed by atoms with Crippen LogP contribution >= 0.6 is 11.6 Å². The van der Waals surface area contributed by atoms with Crippen LogP contribution < -0.4 is 10.1 Å². The molecule has 1 fully saturated rings. The number of methoxy groups -OCH3 is 1. The van der Waals surface area contributed by atoms with E-state index in [1.54, 1.807) is 7.11 Å². The lowest BCUT2D eigenvalue weighted by atomic mass is 10.0. The molecule has 2 nitrogen and oxygen atoms in total. The maximum absolute atomic E-state index is 6.01. The smallest absolute Gasteiger partial charge is 0.139 e. The molecule has 2 rings (SSSR count). The van der Waals surface area contributed by atoms with E-state index in [2.05, 4.69) is 5.32 Å². The minimum absolute atomic E-state index is 0.664. The van der Waals surface area contributed by atoms with E-state index in [0.717, 1.165) is 23.9 Å². The van der Waals surface area contributed by atoms with Gasteiger partial charge in [0.2, 0.25) is 0 Å². The lowest BCUT2D eigenvalue weighted by Gasteiger charge is -2.16. The van der Waals surface area contributed by atoms with Crippen LogP contribution in [-0.2, 0) is 0 Å². The average Bonchev–Trinajstić information content (AvgIpc) is 2.66. The quantitative estimate of drug-likeness (QED) is 0.796. The molecule has 0 saturated heterocycles. The van der Waals surface area contributed by atoms with Crippen LogP contribution in [0.15, 0.2) is 18.2 Å². The third-order valence-electron chi connectivity index (χ3n) is 3.72. The van der Waals surface area contributed by atoms with E-state index in [1.165, 1.54) is 38.5 Å². The summed E-state index contributed by atoms with van der Waals surface area (Å²) in [5.74, 6) is 1.55. The van der Waals surface area contributed by atoms with E-state index in [0.29, 0.717) is 5.02 Å². The summed E-state index contributed by atoms with van der Waals surface area (Å²) >= 11 is 6.01. The van der Waals surface area contributed by atoms with Crippen LogP contribution in [0.1, 0.15) is 38.5 Å². The van der Waals surface area contributed by atoms with Gasteiger partial charge in [-0.2, -0.15) is 0 Å². The van der Waals surface area contributed by atoms with Crippen LogP contribution in [0.2, 0.25) is 5.02 Å². The molecule has 1 N–H and O–H groups in total. The lowest BCUT2D eigenvalue weighted by Crippen LogP contribution is -2.13. The predicted octanol–water partition coefficient (Wildman–Crippen LogP) is 4.73. The van der Waals surface area contributed by atoms with Gasteiger partial charge in [-0.25, -0.2) is 0 Å². The molecule has 0 aromatic heterocycles. The SMILES string of the molecule is COc1cc(NCC2CCCCCC2)ccc1Cl. The Bertz CT molecular complexity index is 373. The maximum atomic E-state index is 6.01. The van der Waals surface area contributed by atoms with Gasteiger partial charge in [0.15, 0.2) is 0 Å². The molecule has 100 valence electrons. The van der Waals surface area contributed by atoms with Gasteiger partial charge in [0, 0.05) is 18.3 Å². The number of halogens is 1. The number of hydrogen-bond donors (Lipinski definition) is 1. The molecule has 0 aliphatic heterocycles. The Morgan fingerprint density at radius 3 is 2.61 bits per heavy atom. The number of nitrogens with one attached hydrogen (secondary N) is 1. The first-order valence-corrected chi connectivity index (χ1v) is 7.25. The highest BCUT2D eigenvalue weighted by Gasteiger charge is 2.12. The molecule has 3 heteroatoms. The van der Waals surface area contributed by atoms with Gasteiger partial charge in [-0.1, -0.05) is 37.3 Å². The fourth-order valence-corrected chi connectivity index (χ4v) is 2.79. The number of ether oxygens (including phenoxy) is 1. The van der Waals surface area contributed by atoms with Crippen LogP contribution in [0.5, 0.6) is 5.75 Å². The van der Waals surface area contributed by atoms with Crippen molar-refractivity contribution in [1.82, 2.24) is 0 Å². The van der Waals surface area contributed by atoms with Crippen molar-refractivity contribution in [1.29, 1.82) is 0 Å². The highest BCUT2D eigenvalue weighted by Crippen LogP contribution is 2.28. The fourth-order valence-electron chi connectivity index (χ4n) is 2.60. The van der Waals surface area contributed by atoms with Gasteiger partial charge in [-0.3, -0.25) is 0 Å². The van der Waals surface area contributed by atoms with E-state index in [-0.39, 0.29) is 0 Å². The van der Waals surface area contributed by atoms with Gasteiger partial charge in [0.05, 0.1) is 12.1 Å². The molecular formula is C15H22ClNO. The summed E-state index contributed by atoms with van der Waals surface area (Å²) in [5, 5.41) is 4.17. The van der Waals surface area contributed by atoms with Gasteiger partial charge in [0.1, 0.15) is 5.75 Å². The molecule has 0 spiro atoms. The van der Waals surface area contributed by atoms with Crippen molar-refractivity contribution < 1.29 is 4.74 Å². The minimum atomic E-state index is 0.664. The van der Waals surface area contributed by atoms with E-state index in [1.807, 2.05) is 18.2 Å². The van der Waals surface area contributed by atoms with Crippen molar-refractivity contribution in [3.63, 3.8) is 0 Å². The topological polar surface area (TPSA) is 21.3 Å². The van der Waals surface area contributed by atoms with Crippen LogP contribution in [-0.4, -0.2) is 13.7 Å². The molecule has 0 bridgehead atoms. The Hall–Kier alpha value is -0.890. The summed E-state index contributed by atoms with van der Waals surface area (Å²) in [4.78, 5) is 0. The van der Waals surface area contributed by atoms with Crippen molar-refractivity contribution in [2.45, 2.75) is 38.5 Å². The second kappa shape index (κ2) is 6.89. The number of rotatable bonds is 4. The predicted molar refractivity (Wildman–Crippen MR) is 77.7 cm³/mol. The molecule has 0 unspecified atom stereocenters. The summed E-state index contributed by atoms with van der Waals surface area (Å²) < 4.78 is 5.23. The molecule has 1 saturated carbocycles. The first-order chi connectivity index (χ1) is 8.79. The van der Waals surface area contributed by atoms with Crippen LogP contribution in [0.4, 0.5) is 5.69 Å². The second-order valence-electron chi connectivity index (χ2n) is 5.09. The normalized spacial score (nSPS) is 17.2. The number of hydrogen-bond acceptors (Lipinski definition) is 2. The molecule has 0 amide bonds. The van der Waals surface area contributed by atoms with Crippen molar-refractivity contribution in [3.05, 3.63) is 23.2 Å². The van der Waals surface area contributed by atoms with Gasteiger partial charge in [-0.05, 0) is 30.9 Å². The zero-order chi connectivity index (χ0) is 12.8. The van der Waals surface area contributed by atoms with E-state index in [9.17, 15) is 0 Å². The van der Waals surface area contributed by atoms with Gasteiger partial charge in [-0.15, -0.1) is 0 Å². The van der Waals surface area contributed by atoms with Gasteiger partial charge < -0.3 is 10.1 Å². The van der Waals surface area contributed by atoms with Crippen LogP contribution in [0, 0.1) is 5.92 Å². The first-order valence-electron chi connectivity index (χ1n) is 6.87. The van der Waals surface area contributed by atoms with Crippen LogP contribution in [0.3, 0.4) is 0 Å². The summed E-state index contributed by atoms with van der Waals surface area (Å²) in [6.07, 6.45) is 8.30. The average molecular weight is 268 g/mol. The maximum Gasteiger partial charge on any atom is 0.139 e. The Morgan fingerprint density at radius 1 is 1.22 bits per heavy atom. The molecule has 0 heterocycles. The monoisotopic (exact) mass is 267 g/mol. The highest BCUT2D eigenvalue weighted by atomic mass is 35.5. The number of benzene rings is 1. The van der Waals surface area contributed by atoms with E-state index in [4.69, 9.17) is 16.3 Å². The summed E-state index contributed by atoms with van der Waals surface area (Å²) in [7, 11) is 1.65. The molecule has 1 aliphatic rings. The van der Waals surface area contributed by atoms with E-state index < -0.39 is 0 Å². The largest absolute Gasteiger partial charge is 0.495 e. The standard InChI is InChI=1S/C15H22ClNO/c1-18-15-10-13(8-9-14(15)16)17-11-12-6-4-2-3-5-7-12/h8-10,12,17H,2-7,11H2,1H3. The molecule has 0 atom stereocenters. The van der Waals surface area contributed by atoms with Gasteiger partial charge >= 0.3 is 0 Å². The van der Waals surface area contributed by atoms with E-state index >= 15 is 0 Å². The van der Waals surface area contributed by atoms with Crippen molar-refractivity contribution >= 4 is 17.3 Å². The first kappa shape index (κ1) is 13.5.